The van der Waals surface area contributed by atoms with Crippen molar-refractivity contribution in [3.05, 3.63) is 107 Å². The van der Waals surface area contributed by atoms with Crippen LogP contribution in [0.3, 0.4) is 0 Å². The Morgan fingerprint density at radius 2 is 1.10 bits per heavy atom. The highest BCUT2D eigenvalue weighted by Gasteiger charge is 2.29. The number of benzene rings is 2. The fourth-order valence-corrected chi connectivity index (χ4v) is 5.43. The molecule has 1 aliphatic carbocycles. The molecule has 4 aromatic rings. The lowest BCUT2D eigenvalue weighted by molar-refractivity contribution is -0.118. The molecule has 2 heterocycles. The molecule has 0 saturated heterocycles. The molecule has 2 aromatic carbocycles. The zero-order chi connectivity index (χ0) is 28.6. The van der Waals surface area contributed by atoms with Crippen LogP contribution in [0.2, 0.25) is 0 Å². The van der Waals surface area contributed by atoms with E-state index >= 15 is 0 Å². The monoisotopic (exact) mass is 550 g/mol. The van der Waals surface area contributed by atoms with E-state index < -0.39 is 0 Å². The summed E-state index contributed by atoms with van der Waals surface area (Å²) in [5.41, 5.74) is 5.10. The molecule has 210 valence electrons. The van der Waals surface area contributed by atoms with Crippen LogP contribution in [-0.4, -0.2) is 46.2 Å². The van der Waals surface area contributed by atoms with Crippen LogP contribution in [0.5, 0.6) is 11.5 Å². The van der Waals surface area contributed by atoms with Crippen LogP contribution in [0, 0.1) is 0 Å². The van der Waals surface area contributed by atoms with E-state index in [1.165, 1.54) is 0 Å². The summed E-state index contributed by atoms with van der Waals surface area (Å²) < 4.78 is 10.5. The van der Waals surface area contributed by atoms with Crippen LogP contribution < -0.4 is 9.47 Å². The molecule has 0 aliphatic heterocycles. The van der Waals surface area contributed by atoms with Gasteiger partial charge in [-0.3, -0.25) is 9.59 Å². The molecule has 8 nitrogen and oxygen atoms in total. The first kappa shape index (κ1) is 28.1. The maximum Gasteiger partial charge on any atom is 0.143 e. The Balaban J connectivity index is 1.11. The fourth-order valence-electron chi connectivity index (χ4n) is 5.43. The summed E-state index contributed by atoms with van der Waals surface area (Å²) in [5.74, 6) is 2.24. The van der Waals surface area contributed by atoms with Crippen molar-refractivity contribution in [2.75, 3.05) is 14.2 Å². The number of Topliss-reactive ketones (excluding diaryl/α,β-unsaturated/α-hetero) is 2. The maximum atomic E-state index is 12.6. The number of methoxy groups -OCH3 is 2. The zero-order valence-corrected chi connectivity index (χ0v) is 23.5. The fraction of sp³-hybridized carbons (Fsp3) is 0.333. The van der Waals surface area contributed by atoms with E-state index in [9.17, 15) is 9.59 Å². The topological polar surface area (TPSA) is 104 Å². The van der Waals surface area contributed by atoms with Gasteiger partial charge in [-0.15, -0.1) is 0 Å². The van der Waals surface area contributed by atoms with Gasteiger partial charge in [-0.2, -0.15) is 20.4 Å². The highest BCUT2D eigenvalue weighted by atomic mass is 16.5. The van der Waals surface area contributed by atoms with Crippen molar-refractivity contribution in [1.29, 1.82) is 0 Å². The minimum absolute atomic E-state index is 0.0882. The summed E-state index contributed by atoms with van der Waals surface area (Å²) in [6.45, 7) is 0. The molecule has 0 spiro atoms. The van der Waals surface area contributed by atoms with E-state index in [-0.39, 0.29) is 24.4 Å². The summed E-state index contributed by atoms with van der Waals surface area (Å²) in [6, 6.07) is 22.9. The summed E-state index contributed by atoms with van der Waals surface area (Å²) in [5, 5.41) is 17.6. The van der Waals surface area contributed by atoms with Crippen molar-refractivity contribution in [3.63, 3.8) is 0 Å². The van der Waals surface area contributed by atoms with E-state index in [1.54, 1.807) is 14.2 Å². The van der Waals surface area contributed by atoms with Crippen molar-refractivity contribution in [2.45, 2.75) is 56.8 Å². The molecule has 0 radical (unpaired) electrons. The van der Waals surface area contributed by atoms with Gasteiger partial charge in [-0.25, -0.2) is 0 Å². The molecule has 1 saturated carbocycles. The second-order valence-corrected chi connectivity index (χ2v) is 10.6. The molecule has 1 fully saturated rings. The number of hydrogen-bond acceptors (Lipinski definition) is 8. The van der Waals surface area contributed by atoms with Gasteiger partial charge in [-0.1, -0.05) is 24.3 Å². The minimum atomic E-state index is 0.0882. The number of carbonyl (C=O) groups excluding carboxylic acids is 2. The number of ether oxygens (including phenoxy) is 2. The lowest BCUT2D eigenvalue weighted by Crippen LogP contribution is -2.10. The van der Waals surface area contributed by atoms with Crippen LogP contribution in [0.1, 0.15) is 65.0 Å². The lowest BCUT2D eigenvalue weighted by atomic mass is 9.98. The Bertz CT molecular complexity index is 1380. The average Bonchev–Trinajstić information content (AvgIpc) is 3.48. The largest absolute Gasteiger partial charge is 0.497 e. The first-order valence-electron chi connectivity index (χ1n) is 13.9. The molecule has 8 heteroatoms. The van der Waals surface area contributed by atoms with Gasteiger partial charge in [0.2, 0.25) is 0 Å². The van der Waals surface area contributed by atoms with Crippen molar-refractivity contribution in [1.82, 2.24) is 20.4 Å². The summed E-state index contributed by atoms with van der Waals surface area (Å²) >= 11 is 0. The van der Waals surface area contributed by atoms with Gasteiger partial charge < -0.3 is 9.47 Å². The van der Waals surface area contributed by atoms with Gasteiger partial charge in [0, 0.05) is 24.7 Å². The predicted molar refractivity (Wildman–Crippen MR) is 154 cm³/mol. The summed E-state index contributed by atoms with van der Waals surface area (Å²) in [7, 11) is 3.23. The van der Waals surface area contributed by atoms with E-state index in [4.69, 9.17) is 9.47 Å². The highest BCUT2D eigenvalue weighted by Crippen LogP contribution is 2.42. The first-order valence-corrected chi connectivity index (χ1v) is 13.9. The SMILES string of the molecule is COc1cccc(CC(=O)Cc2ccc([C@@H]3CC[C@@H](c4ccc(CC(=O)Cc5cccc(OC)c5)nn4)C3)nn2)c1. The van der Waals surface area contributed by atoms with Gasteiger partial charge in [0.25, 0.3) is 0 Å². The lowest BCUT2D eigenvalue weighted by Gasteiger charge is -2.11. The van der Waals surface area contributed by atoms with Crippen LogP contribution in [0.25, 0.3) is 0 Å². The quantitative estimate of drug-likeness (QED) is 0.242. The number of ketones is 2. The average molecular weight is 551 g/mol. The molecule has 0 bridgehead atoms. The Labute approximate surface area is 240 Å². The first-order chi connectivity index (χ1) is 20.0. The molecule has 0 unspecified atom stereocenters. The van der Waals surface area contributed by atoms with Gasteiger partial charge >= 0.3 is 0 Å². The van der Waals surface area contributed by atoms with Crippen molar-refractivity contribution >= 4 is 11.6 Å². The molecule has 2 aromatic heterocycles. The molecular formula is C33H34N4O4. The maximum absolute atomic E-state index is 12.6. The second kappa shape index (κ2) is 13.3. The molecular weight excluding hydrogens is 516 g/mol. The third-order valence-electron chi connectivity index (χ3n) is 7.58. The van der Waals surface area contributed by atoms with E-state index in [0.717, 1.165) is 53.3 Å². The summed E-state index contributed by atoms with van der Waals surface area (Å²) in [6.07, 6.45) is 4.09. The van der Waals surface area contributed by atoms with Crippen LogP contribution >= 0.6 is 0 Å². The highest BCUT2D eigenvalue weighted by molar-refractivity contribution is 5.83. The molecule has 41 heavy (non-hydrogen) atoms. The van der Waals surface area contributed by atoms with Crippen LogP contribution in [0.15, 0.2) is 72.8 Å². The predicted octanol–water partition coefficient (Wildman–Crippen LogP) is 5.04. The Morgan fingerprint density at radius 1 is 0.634 bits per heavy atom. The third kappa shape index (κ3) is 7.60. The number of nitrogens with zero attached hydrogens (tertiary/aromatic N) is 4. The number of hydrogen-bond donors (Lipinski definition) is 0. The van der Waals surface area contributed by atoms with Crippen molar-refractivity contribution in [2.24, 2.45) is 0 Å². The molecule has 5 rings (SSSR count). The Hall–Kier alpha value is -4.46. The summed E-state index contributed by atoms with van der Waals surface area (Å²) in [4.78, 5) is 25.1. The minimum Gasteiger partial charge on any atom is -0.497 e. The second-order valence-electron chi connectivity index (χ2n) is 10.6. The van der Waals surface area contributed by atoms with Crippen LogP contribution in [0.4, 0.5) is 0 Å². The standard InChI is InChI=1S/C33H34N4O4/c1-40-30-7-3-5-22(17-30)15-28(38)20-26-11-13-32(36-34-26)24-9-10-25(19-24)33-14-12-27(35-37-33)21-29(39)16-23-6-4-8-31(18-23)41-2/h3-8,11-14,17-18,24-25H,9-10,15-16,19-21H2,1-2H3/t24-,25-/m1/s1. The van der Waals surface area contributed by atoms with E-state index in [1.807, 2.05) is 72.8 Å². The number of rotatable bonds is 12. The van der Waals surface area contributed by atoms with Gasteiger partial charge in [0.1, 0.15) is 23.1 Å². The van der Waals surface area contributed by atoms with E-state index in [0.29, 0.717) is 36.1 Å². The van der Waals surface area contributed by atoms with Crippen molar-refractivity contribution in [3.8, 4) is 11.5 Å². The van der Waals surface area contributed by atoms with E-state index in [2.05, 4.69) is 20.4 Å². The smallest absolute Gasteiger partial charge is 0.143 e. The Morgan fingerprint density at radius 3 is 1.49 bits per heavy atom. The van der Waals surface area contributed by atoms with Gasteiger partial charge in [0.05, 0.1) is 49.8 Å². The number of carbonyl (C=O) groups is 2. The van der Waals surface area contributed by atoms with Gasteiger partial charge in [-0.05, 0) is 78.9 Å². The van der Waals surface area contributed by atoms with Crippen molar-refractivity contribution < 1.29 is 19.1 Å². The molecule has 1 aliphatic rings. The third-order valence-corrected chi connectivity index (χ3v) is 7.58. The molecule has 0 N–H and O–H groups in total. The van der Waals surface area contributed by atoms with Gasteiger partial charge in [0.15, 0.2) is 0 Å². The Kier molecular flexibility index (Phi) is 9.08. The van der Waals surface area contributed by atoms with Crippen LogP contribution in [-0.2, 0) is 35.3 Å². The number of aromatic nitrogens is 4. The normalized spacial score (nSPS) is 16.3. The zero-order valence-electron chi connectivity index (χ0n) is 23.5. The molecule has 0 amide bonds. The molecule has 2 atom stereocenters.